The molecule has 0 spiro atoms. The van der Waals surface area contributed by atoms with Crippen molar-refractivity contribution in [3.05, 3.63) is 35.9 Å². The Labute approximate surface area is 92.3 Å². The van der Waals surface area contributed by atoms with Crippen LogP contribution in [0.1, 0.15) is 19.4 Å². The van der Waals surface area contributed by atoms with E-state index in [1.54, 1.807) is 0 Å². The Kier molecular flexibility index (Phi) is 3.39. The molecule has 0 aliphatic carbocycles. The summed E-state index contributed by atoms with van der Waals surface area (Å²) in [5.41, 5.74) is 1.42. The minimum atomic E-state index is 0.609. The molecular weight excluding hydrogens is 184 g/mol. The standard InChI is InChI=1S/C13H20N2/c1-11-8-15(9-12(2)14-11)10-13-6-4-3-5-7-13/h3-7,11-12,14H,8-10H2,1-2H3/t11-,12?/m1/s1. The van der Waals surface area contributed by atoms with Gasteiger partial charge in [-0.1, -0.05) is 30.3 Å². The van der Waals surface area contributed by atoms with Gasteiger partial charge in [0, 0.05) is 31.7 Å². The number of hydrogen-bond acceptors (Lipinski definition) is 2. The summed E-state index contributed by atoms with van der Waals surface area (Å²) in [5.74, 6) is 0. The van der Waals surface area contributed by atoms with Gasteiger partial charge in [-0.05, 0) is 19.4 Å². The molecule has 0 bridgehead atoms. The van der Waals surface area contributed by atoms with Crippen LogP contribution in [-0.2, 0) is 6.54 Å². The lowest BCUT2D eigenvalue weighted by atomic mass is 10.1. The monoisotopic (exact) mass is 204 g/mol. The average Bonchev–Trinajstić information content (AvgIpc) is 2.17. The second-order valence-corrected chi connectivity index (χ2v) is 4.65. The minimum Gasteiger partial charge on any atom is -0.309 e. The van der Waals surface area contributed by atoms with Crippen LogP contribution in [0.4, 0.5) is 0 Å². The fourth-order valence-corrected chi connectivity index (χ4v) is 2.41. The SMILES string of the molecule is CC1CN(Cc2ccccc2)C[C@@H](C)N1. The van der Waals surface area contributed by atoms with Crippen molar-refractivity contribution < 1.29 is 0 Å². The van der Waals surface area contributed by atoms with Crippen LogP contribution in [0.5, 0.6) is 0 Å². The van der Waals surface area contributed by atoms with Gasteiger partial charge in [-0.25, -0.2) is 0 Å². The topological polar surface area (TPSA) is 15.3 Å². The zero-order chi connectivity index (χ0) is 10.7. The van der Waals surface area contributed by atoms with Crippen LogP contribution in [0.25, 0.3) is 0 Å². The van der Waals surface area contributed by atoms with Gasteiger partial charge in [0.25, 0.3) is 0 Å². The Morgan fingerprint density at radius 1 is 1.13 bits per heavy atom. The van der Waals surface area contributed by atoms with Crippen molar-refractivity contribution >= 4 is 0 Å². The van der Waals surface area contributed by atoms with Gasteiger partial charge in [0.15, 0.2) is 0 Å². The van der Waals surface area contributed by atoms with Gasteiger partial charge < -0.3 is 5.32 Å². The highest BCUT2D eigenvalue weighted by Gasteiger charge is 2.20. The van der Waals surface area contributed by atoms with Gasteiger partial charge in [0.1, 0.15) is 0 Å². The quantitative estimate of drug-likeness (QED) is 0.791. The normalized spacial score (nSPS) is 27.9. The van der Waals surface area contributed by atoms with Crippen LogP contribution in [-0.4, -0.2) is 30.1 Å². The maximum absolute atomic E-state index is 3.55. The lowest BCUT2D eigenvalue weighted by molar-refractivity contribution is 0.166. The third-order valence-corrected chi connectivity index (χ3v) is 2.88. The fourth-order valence-electron chi connectivity index (χ4n) is 2.41. The van der Waals surface area contributed by atoms with Crippen molar-refractivity contribution in [2.24, 2.45) is 0 Å². The third kappa shape index (κ3) is 3.05. The lowest BCUT2D eigenvalue weighted by Gasteiger charge is -2.36. The van der Waals surface area contributed by atoms with E-state index in [2.05, 4.69) is 54.4 Å². The van der Waals surface area contributed by atoms with Gasteiger partial charge >= 0.3 is 0 Å². The molecule has 1 N–H and O–H groups in total. The first-order chi connectivity index (χ1) is 7.24. The molecule has 0 radical (unpaired) electrons. The maximum atomic E-state index is 3.55. The highest BCUT2D eigenvalue weighted by atomic mass is 15.2. The second kappa shape index (κ2) is 4.77. The summed E-state index contributed by atoms with van der Waals surface area (Å²) < 4.78 is 0. The molecule has 1 heterocycles. The van der Waals surface area contributed by atoms with E-state index in [-0.39, 0.29) is 0 Å². The smallest absolute Gasteiger partial charge is 0.0235 e. The Bertz CT molecular complexity index is 287. The van der Waals surface area contributed by atoms with E-state index in [1.807, 2.05) is 0 Å². The summed E-state index contributed by atoms with van der Waals surface area (Å²) in [7, 11) is 0. The molecule has 2 nitrogen and oxygen atoms in total. The molecule has 1 aliphatic rings. The summed E-state index contributed by atoms with van der Waals surface area (Å²) in [5, 5.41) is 3.55. The van der Waals surface area contributed by atoms with Crippen molar-refractivity contribution in [2.45, 2.75) is 32.5 Å². The number of piperazine rings is 1. The van der Waals surface area contributed by atoms with Crippen molar-refractivity contribution in [1.29, 1.82) is 0 Å². The van der Waals surface area contributed by atoms with Crippen molar-refractivity contribution in [1.82, 2.24) is 10.2 Å². The first kappa shape index (κ1) is 10.7. The van der Waals surface area contributed by atoms with E-state index in [4.69, 9.17) is 0 Å². The summed E-state index contributed by atoms with van der Waals surface area (Å²) in [6.07, 6.45) is 0. The Balaban J connectivity index is 1.94. The molecule has 1 aromatic rings. The van der Waals surface area contributed by atoms with Gasteiger partial charge in [0.05, 0.1) is 0 Å². The highest BCUT2D eigenvalue weighted by molar-refractivity contribution is 5.14. The van der Waals surface area contributed by atoms with Crippen LogP contribution in [0.2, 0.25) is 0 Å². The summed E-state index contributed by atoms with van der Waals surface area (Å²) in [6.45, 7) is 7.90. The number of nitrogens with zero attached hydrogens (tertiary/aromatic N) is 1. The molecule has 1 aliphatic heterocycles. The Morgan fingerprint density at radius 3 is 2.33 bits per heavy atom. The third-order valence-electron chi connectivity index (χ3n) is 2.88. The Morgan fingerprint density at radius 2 is 1.73 bits per heavy atom. The number of nitrogens with one attached hydrogen (secondary N) is 1. The molecule has 1 fully saturated rings. The molecule has 1 unspecified atom stereocenters. The number of benzene rings is 1. The second-order valence-electron chi connectivity index (χ2n) is 4.65. The number of rotatable bonds is 2. The highest BCUT2D eigenvalue weighted by Crippen LogP contribution is 2.09. The predicted molar refractivity (Wildman–Crippen MR) is 63.8 cm³/mol. The molecule has 2 rings (SSSR count). The fraction of sp³-hybridized carbons (Fsp3) is 0.538. The van der Waals surface area contributed by atoms with Crippen LogP contribution in [0.15, 0.2) is 30.3 Å². The molecule has 2 heteroatoms. The van der Waals surface area contributed by atoms with Crippen LogP contribution in [0.3, 0.4) is 0 Å². The largest absolute Gasteiger partial charge is 0.309 e. The minimum absolute atomic E-state index is 0.609. The van der Waals surface area contributed by atoms with Gasteiger partial charge in [-0.15, -0.1) is 0 Å². The van der Waals surface area contributed by atoms with Crippen LogP contribution >= 0.6 is 0 Å². The molecule has 0 saturated carbocycles. The van der Waals surface area contributed by atoms with Gasteiger partial charge in [-0.3, -0.25) is 4.90 Å². The van der Waals surface area contributed by atoms with E-state index in [0.29, 0.717) is 12.1 Å². The summed E-state index contributed by atoms with van der Waals surface area (Å²) in [6, 6.07) is 11.9. The molecular formula is C13H20N2. The first-order valence-corrected chi connectivity index (χ1v) is 5.76. The molecule has 82 valence electrons. The van der Waals surface area contributed by atoms with E-state index < -0.39 is 0 Å². The zero-order valence-electron chi connectivity index (χ0n) is 9.61. The molecule has 1 aromatic carbocycles. The van der Waals surface area contributed by atoms with E-state index in [1.165, 1.54) is 5.56 Å². The lowest BCUT2D eigenvalue weighted by Crippen LogP contribution is -2.53. The van der Waals surface area contributed by atoms with Gasteiger partial charge in [-0.2, -0.15) is 0 Å². The zero-order valence-corrected chi connectivity index (χ0v) is 9.61. The van der Waals surface area contributed by atoms with Crippen molar-refractivity contribution in [3.63, 3.8) is 0 Å². The molecule has 2 atom stereocenters. The summed E-state index contributed by atoms with van der Waals surface area (Å²) >= 11 is 0. The predicted octanol–water partition coefficient (Wildman–Crippen LogP) is 1.87. The average molecular weight is 204 g/mol. The molecule has 0 aromatic heterocycles. The van der Waals surface area contributed by atoms with Gasteiger partial charge in [0.2, 0.25) is 0 Å². The molecule has 1 saturated heterocycles. The molecule has 0 amide bonds. The van der Waals surface area contributed by atoms with Crippen molar-refractivity contribution in [3.8, 4) is 0 Å². The molecule has 15 heavy (non-hydrogen) atoms. The van der Waals surface area contributed by atoms with Crippen molar-refractivity contribution in [2.75, 3.05) is 13.1 Å². The van der Waals surface area contributed by atoms with E-state index in [0.717, 1.165) is 19.6 Å². The van der Waals surface area contributed by atoms with E-state index >= 15 is 0 Å². The first-order valence-electron chi connectivity index (χ1n) is 5.76. The Hall–Kier alpha value is -0.860. The van der Waals surface area contributed by atoms with Crippen LogP contribution in [0, 0.1) is 0 Å². The number of hydrogen-bond donors (Lipinski definition) is 1. The summed E-state index contributed by atoms with van der Waals surface area (Å²) in [4.78, 5) is 2.53. The van der Waals surface area contributed by atoms with E-state index in [9.17, 15) is 0 Å². The van der Waals surface area contributed by atoms with Crippen LogP contribution < -0.4 is 5.32 Å². The maximum Gasteiger partial charge on any atom is 0.0235 e.